The molecule has 0 aliphatic carbocycles. The maximum atomic E-state index is 12.4. The maximum Gasteiger partial charge on any atom is 0.249 e. The number of aliphatic hydroxyl groups is 4. The van der Waals surface area contributed by atoms with Crippen molar-refractivity contribution in [3.05, 3.63) is 60.8 Å². The fourth-order valence-corrected chi connectivity index (χ4v) is 6.54. The first-order valence-electron chi connectivity index (χ1n) is 22.7. The first-order chi connectivity index (χ1) is 26.5. The van der Waals surface area contributed by atoms with Crippen LogP contribution in [0, 0.1) is 0 Å². The fourth-order valence-electron chi connectivity index (χ4n) is 6.54. The molecule has 0 aromatic rings. The third kappa shape index (κ3) is 35.7. The molecule has 0 saturated heterocycles. The van der Waals surface area contributed by atoms with E-state index in [4.69, 9.17) is 0 Å². The lowest BCUT2D eigenvalue weighted by atomic mass is 10.0. The lowest BCUT2D eigenvalue weighted by Crippen LogP contribution is -2.52. The molecule has 0 radical (unpaired) electrons. The van der Waals surface area contributed by atoms with Crippen molar-refractivity contribution in [2.45, 2.75) is 231 Å². The van der Waals surface area contributed by atoms with Crippen LogP contribution in [0.3, 0.4) is 0 Å². The number of rotatable bonds is 40. The van der Waals surface area contributed by atoms with Crippen LogP contribution >= 0.6 is 0 Å². The first kappa shape index (κ1) is 52.0. The Kier molecular flexibility index (Phi) is 40.6. The van der Waals surface area contributed by atoms with Gasteiger partial charge in [0.25, 0.3) is 0 Å². The Morgan fingerprint density at radius 3 is 1.30 bits per heavy atom. The highest BCUT2D eigenvalue weighted by molar-refractivity contribution is 5.81. The summed E-state index contributed by atoms with van der Waals surface area (Å²) in [6.07, 6.45) is 52.9. The Morgan fingerprint density at radius 1 is 0.481 bits per heavy atom. The van der Waals surface area contributed by atoms with Gasteiger partial charge in [-0.2, -0.15) is 0 Å². The van der Waals surface area contributed by atoms with Crippen LogP contribution in [0.2, 0.25) is 0 Å². The topological polar surface area (TPSA) is 110 Å². The predicted octanol–water partition coefficient (Wildman–Crippen LogP) is 12.1. The van der Waals surface area contributed by atoms with Gasteiger partial charge in [-0.3, -0.25) is 4.79 Å². The number of aliphatic hydroxyl groups excluding tert-OH is 4. The zero-order chi connectivity index (χ0) is 39.6. The molecule has 6 heteroatoms. The third-order valence-electron chi connectivity index (χ3n) is 10.2. The van der Waals surface area contributed by atoms with Gasteiger partial charge in [-0.1, -0.05) is 184 Å². The molecule has 4 unspecified atom stereocenters. The quantitative estimate of drug-likeness (QED) is 0.0316. The summed E-state index contributed by atoms with van der Waals surface area (Å²) < 4.78 is 0. The summed E-state index contributed by atoms with van der Waals surface area (Å²) in [4.78, 5) is 12.4. The largest absolute Gasteiger partial charge is 0.394 e. The van der Waals surface area contributed by atoms with E-state index >= 15 is 0 Å². The van der Waals surface area contributed by atoms with E-state index in [-0.39, 0.29) is 6.42 Å². The lowest BCUT2D eigenvalue weighted by molar-refractivity contribution is -0.132. The molecular formula is C48H87NO5. The molecule has 5 N–H and O–H groups in total. The number of nitrogens with one attached hydrogen (secondary N) is 1. The van der Waals surface area contributed by atoms with Crippen molar-refractivity contribution in [2.24, 2.45) is 0 Å². The molecule has 0 fully saturated rings. The molecule has 0 spiro atoms. The van der Waals surface area contributed by atoms with E-state index in [1.807, 2.05) is 6.08 Å². The second-order valence-electron chi connectivity index (χ2n) is 15.4. The highest BCUT2D eigenvalue weighted by Gasteiger charge is 2.28. The highest BCUT2D eigenvalue weighted by atomic mass is 16.3. The third-order valence-corrected chi connectivity index (χ3v) is 10.2. The molecule has 4 atom stereocenters. The van der Waals surface area contributed by atoms with Crippen molar-refractivity contribution in [3.8, 4) is 0 Å². The van der Waals surface area contributed by atoms with Crippen LogP contribution in [0.15, 0.2) is 60.8 Å². The van der Waals surface area contributed by atoms with E-state index in [1.54, 1.807) is 6.08 Å². The Morgan fingerprint density at radius 2 is 0.852 bits per heavy atom. The summed E-state index contributed by atoms with van der Waals surface area (Å²) in [7, 11) is 0. The Labute approximate surface area is 333 Å². The van der Waals surface area contributed by atoms with Crippen LogP contribution in [0.5, 0.6) is 0 Å². The molecule has 314 valence electrons. The van der Waals surface area contributed by atoms with E-state index < -0.39 is 36.9 Å². The fraction of sp³-hybridized carbons (Fsp3) is 0.771. The van der Waals surface area contributed by atoms with Gasteiger partial charge in [-0.05, 0) is 77.0 Å². The second kappa shape index (κ2) is 42.2. The summed E-state index contributed by atoms with van der Waals surface area (Å²) in [6, 6.07) is -1.04. The lowest BCUT2D eigenvalue weighted by Gasteiger charge is -2.27. The van der Waals surface area contributed by atoms with Crippen LogP contribution in [0.4, 0.5) is 0 Å². The molecule has 54 heavy (non-hydrogen) atoms. The van der Waals surface area contributed by atoms with Crippen molar-refractivity contribution < 1.29 is 25.2 Å². The highest BCUT2D eigenvalue weighted by Crippen LogP contribution is 2.14. The number of hydrogen-bond acceptors (Lipinski definition) is 5. The molecule has 0 heterocycles. The van der Waals surface area contributed by atoms with E-state index in [9.17, 15) is 25.2 Å². The van der Waals surface area contributed by atoms with E-state index in [0.29, 0.717) is 12.8 Å². The van der Waals surface area contributed by atoms with Gasteiger partial charge in [0.2, 0.25) is 5.91 Å². The molecule has 0 aromatic carbocycles. The van der Waals surface area contributed by atoms with Crippen LogP contribution in [-0.2, 0) is 4.79 Å². The number of unbranched alkanes of at least 4 members (excludes halogenated alkanes) is 22. The monoisotopic (exact) mass is 758 g/mol. The van der Waals surface area contributed by atoms with Crippen molar-refractivity contribution in [1.82, 2.24) is 5.32 Å². The van der Waals surface area contributed by atoms with Gasteiger partial charge in [0, 0.05) is 6.42 Å². The van der Waals surface area contributed by atoms with Crippen molar-refractivity contribution in [1.29, 1.82) is 0 Å². The van der Waals surface area contributed by atoms with Gasteiger partial charge in [-0.25, -0.2) is 0 Å². The molecule has 0 rings (SSSR count). The molecular weight excluding hydrogens is 671 g/mol. The van der Waals surface area contributed by atoms with Gasteiger partial charge >= 0.3 is 0 Å². The molecule has 6 nitrogen and oxygen atoms in total. The molecule has 0 aliphatic rings. The van der Waals surface area contributed by atoms with E-state index in [2.05, 4.69) is 67.8 Å². The average Bonchev–Trinajstić information content (AvgIpc) is 3.18. The van der Waals surface area contributed by atoms with Crippen molar-refractivity contribution in [3.63, 3.8) is 0 Å². The number of amides is 1. The molecule has 1 amide bonds. The van der Waals surface area contributed by atoms with Crippen LogP contribution in [-0.4, -0.2) is 57.3 Å². The van der Waals surface area contributed by atoms with Crippen molar-refractivity contribution >= 4 is 5.91 Å². The van der Waals surface area contributed by atoms with Gasteiger partial charge in [0.15, 0.2) is 0 Å². The summed E-state index contributed by atoms with van der Waals surface area (Å²) in [5, 5.41) is 43.4. The Balaban J connectivity index is 3.84. The predicted molar refractivity (Wildman–Crippen MR) is 233 cm³/mol. The summed E-state index contributed by atoms with van der Waals surface area (Å²) in [5.41, 5.74) is 0. The summed E-state index contributed by atoms with van der Waals surface area (Å²) in [6.45, 7) is 3.98. The zero-order valence-corrected chi connectivity index (χ0v) is 35.2. The normalized spacial score (nSPS) is 14.7. The van der Waals surface area contributed by atoms with Crippen LogP contribution in [0.1, 0.15) is 206 Å². The molecule has 0 bridgehead atoms. The Hall–Kier alpha value is -1.99. The molecule has 0 saturated carbocycles. The number of carbonyl (C=O) groups is 1. The SMILES string of the molecule is CCCCCCCC/C=C\C/C=C\CC(O)C(=O)NC(CO)C(O)C(O)CCC/C=C/CC/C=C/CC/C=C/CCCCCCCCCCCCCCC. The van der Waals surface area contributed by atoms with Crippen LogP contribution in [0.25, 0.3) is 0 Å². The van der Waals surface area contributed by atoms with E-state index in [0.717, 1.165) is 44.9 Å². The minimum absolute atomic E-state index is 0.146. The van der Waals surface area contributed by atoms with Gasteiger partial charge in [0.05, 0.1) is 18.8 Å². The number of hydrogen-bond donors (Lipinski definition) is 5. The zero-order valence-electron chi connectivity index (χ0n) is 35.2. The number of carbonyl (C=O) groups excluding carboxylic acids is 1. The van der Waals surface area contributed by atoms with Gasteiger partial charge in [-0.15, -0.1) is 0 Å². The van der Waals surface area contributed by atoms with Gasteiger partial charge < -0.3 is 25.7 Å². The summed E-state index contributed by atoms with van der Waals surface area (Å²) in [5.74, 6) is -0.669. The smallest absolute Gasteiger partial charge is 0.249 e. The Bertz CT molecular complexity index is 941. The standard InChI is InChI=1S/C48H87NO5/c1-3-5-7-9-11-13-15-17-18-19-20-21-22-23-24-25-26-27-28-29-30-32-33-35-37-39-41-45(51)47(53)44(43-50)49-48(54)46(52)42-40-38-36-34-31-16-14-12-10-8-6-4-2/h24-25,28-29,31,33-35,38,40,44-47,50-53H,3-23,26-27,30,32,36-37,39,41-43H2,1-2H3,(H,49,54)/b25-24+,29-28+,34-31-,35-33+,40-38-. The first-order valence-corrected chi connectivity index (χ1v) is 22.7. The second-order valence-corrected chi connectivity index (χ2v) is 15.4. The number of allylic oxidation sites excluding steroid dienone is 9. The minimum Gasteiger partial charge on any atom is -0.394 e. The van der Waals surface area contributed by atoms with Crippen LogP contribution < -0.4 is 5.32 Å². The van der Waals surface area contributed by atoms with Crippen molar-refractivity contribution in [2.75, 3.05) is 6.61 Å². The van der Waals surface area contributed by atoms with Gasteiger partial charge in [0.1, 0.15) is 12.2 Å². The summed E-state index contributed by atoms with van der Waals surface area (Å²) >= 11 is 0. The molecule has 0 aromatic heterocycles. The van der Waals surface area contributed by atoms with E-state index in [1.165, 1.54) is 128 Å². The minimum atomic E-state index is -1.32. The maximum absolute atomic E-state index is 12.4. The molecule has 0 aliphatic heterocycles. The average molecular weight is 758 g/mol.